The van der Waals surface area contributed by atoms with Gasteiger partial charge < -0.3 is 14.6 Å². The van der Waals surface area contributed by atoms with E-state index in [1.807, 2.05) is 60.7 Å². The molecule has 3 heterocycles. The van der Waals surface area contributed by atoms with Crippen LogP contribution < -0.4 is 5.56 Å². The van der Waals surface area contributed by atoms with E-state index in [0.717, 1.165) is 11.1 Å². The van der Waals surface area contributed by atoms with Crippen molar-refractivity contribution in [1.29, 1.82) is 0 Å². The van der Waals surface area contributed by atoms with Crippen molar-refractivity contribution < 1.29 is 9.63 Å². The molecule has 5 rings (SSSR count). The number of benzene rings is 2. The van der Waals surface area contributed by atoms with Crippen molar-refractivity contribution in [3.8, 4) is 28.6 Å². The highest BCUT2D eigenvalue weighted by molar-refractivity contribution is 5.88. The van der Waals surface area contributed by atoms with Crippen LogP contribution in [0.4, 0.5) is 0 Å². The Labute approximate surface area is 164 Å². The third-order valence-electron chi connectivity index (χ3n) is 4.64. The van der Waals surface area contributed by atoms with Gasteiger partial charge in [0.25, 0.3) is 11.4 Å². The van der Waals surface area contributed by atoms with E-state index in [4.69, 9.17) is 4.52 Å². The van der Waals surface area contributed by atoms with Gasteiger partial charge in [-0.1, -0.05) is 65.8 Å². The van der Waals surface area contributed by atoms with Crippen LogP contribution in [-0.2, 0) is 6.54 Å². The van der Waals surface area contributed by atoms with Gasteiger partial charge in [-0.15, -0.1) is 0 Å². The molecule has 3 aromatic heterocycles. The average molecular weight is 385 g/mol. The lowest BCUT2D eigenvalue weighted by molar-refractivity contribution is 0.426. The predicted octanol–water partition coefficient (Wildman–Crippen LogP) is 3.20. The number of nitrogens with zero attached hydrogens (tertiary/aromatic N) is 4. The minimum atomic E-state index is -0.534. The van der Waals surface area contributed by atoms with Gasteiger partial charge in [0.1, 0.15) is 17.0 Å². The molecule has 142 valence electrons. The van der Waals surface area contributed by atoms with E-state index in [1.165, 1.54) is 6.20 Å². The summed E-state index contributed by atoms with van der Waals surface area (Å²) in [7, 11) is 0. The van der Waals surface area contributed by atoms with E-state index in [2.05, 4.69) is 20.2 Å². The van der Waals surface area contributed by atoms with Crippen LogP contribution in [0.3, 0.4) is 0 Å². The Morgan fingerprint density at radius 2 is 1.76 bits per heavy atom. The van der Waals surface area contributed by atoms with Gasteiger partial charge >= 0.3 is 0 Å². The smallest absolute Gasteiger partial charge is 0.267 e. The van der Waals surface area contributed by atoms with Crippen LogP contribution in [0.15, 0.2) is 76.2 Å². The predicted molar refractivity (Wildman–Crippen MR) is 106 cm³/mol. The van der Waals surface area contributed by atoms with Gasteiger partial charge in [0.05, 0.1) is 18.1 Å². The summed E-state index contributed by atoms with van der Waals surface area (Å²) in [6.45, 7) is 0.456. The first-order chi connectivity index (χ1) is 14.2. The molecule has 0 atom stereocenters. The van der Waals surface area contributed by atoms with Crippen molar-refractivity contribution >= 4 is 11.0 Å². The summed E-state index contributed by atoms with van der Waals surface area (Å²) in [6, 6.07) is 18.9. The summed E-state index contributed by atoms with van der Waals surface area (Å²) < 4.78 is 6.87. The molecular formula is C21H15N5O3. The Morgan fingerprint density at radius 3 is 2.52 bits per heavy atom. The molecule has 0 aliphatic carbocycles. The molecule has 0 unspecified atom stereocenters. The first-order valence-corrected chi connectivity index (χ1v) is 8.95. The molecule has 0 fully saturated rings. The minimum Gasteiger partial charge on any atom is -0.506 e. The molecule has 29 heavy (non-hydrogen) atoms. The van der Waals surface area contributed by atoms with Crippen molar-refractivity contribution in [3.05, 3.63) is 82.8 Å². The summed E-state index contributed by atoms with van der Waals surface area (Å²) in [5, 5.41) is 19.4. The fourth-order valence-corrected chi connectivity index (χ4v) is 3.21. The second-order valence-electron chi connectivity index (χ2n) is 6.52. The van der Waals surface area contributed by atoms with Gasteiger partial charge in [-0.3, -0.25) is 4.79 Å². The van der Waals surface area contributed by atoms with E-state index in [1.54, 1.807) is 4.68 Å². The zero-order valence-corrected chi connectivity index (χ0v) is 15.1. The lowest BCUT2D eigenvalue weighted by atomic mass is 10.2. The highest BCUT2D eigenvalue weighted by atomic mass is 16.5. The van der Waals surface area contributed by atoms with Crippen LogP contribution in [-0.4, -0.2) is 30.0 Å². The molecule has 0 saturated heterocycles. The van der Waals surface area contributed by atoms with Gasteiger partial charge in [0.15, 0.2) is 0 Å². The summed E-state index contributed by atoms with van der Waals surface area (Å²) in [6.07, 6.45) is 1.50. The summed E-state index contributed by atoms with van der Waals surface area (Å²) in [5.41, 5.74) is 1.57. The summed E-state index contributed by atoms with van der Waals surface area (Å²) >= 11 is 0. The van der Waals surface area contributed by atoms with E-state index in [9.17, 15) is 9.90 Å². The number of hydrogen-bond donors (Lipinski definition) is 2. The largest absolute Gasteiger partial charge is 0.506 e. The van der Waals surface area contributed by atoms with Crippen molar-refractivity contribution in [1.82, 2.24) is 24.9 Å². The second-order valence-corrected chi connectivity index (χ2v) is 6.52. The maximum Gasteiger partial charge on any atom is 0.267 e. The quantitative estimate of drug-likeness (QED) is 0.492. The molecule has 0 spiro atoms. The average Bonchev–Trinajstić information content (AvgIpc) is 3.38. The maximum atomic E-state index is 12.7. The molecule has 0 radical (unpaired) electrons. The zero-order chi connectivity index (χ0) is 19.8. The Bertz CT molecular complexity index is 1350. The Hall–Kier alpha value is -4.20. The van der Waals surface area contributed by atoms with Gasteiger partial charge in [-0.2, -0.15) is 10.1 Å². The SMILES string of the molecule is O=c1[nH]c2c(cnn2Cc2ccccc2)c(O)c1-c1nc(-c2ccccc2)no1. The lowest BCUT2D eigenvalue weighted by Gasteiger charge is -2.05. The molecule has 8 heteroatoms. The highest BCUT2D eigenvalue weighted by Crippen LogP contribution is 2.32. The van der Waals surface area contributed by atoms with Crippen LogP contribution >= 0.6 is 0 Å². The van der Waals surface area contributed by atoms with Gasteiger partial charge in [0.2, 0.25) is 5.82 Å². The van der Waals surface area contributed by atoms with Crippen LogP contribution in [0.2, 0.25) is 0 Å². The van der Waals surface area contributed by atoms with Gasteiger partial charge in [0, 0.05) is 5.56 Å². The van der Waals surface area contributed by atoms with Gasteiger partial charge in [-0.25, -0.2) is 4.68 Å². The Kier molecular flexibility index (Phi) is 3.94. The highest BCUT2D eigenvalue weighted by Gasteiger charge is 2.22. The van der Waals surface area contributed by atoms with Gasteiger partial charge in [-0.05, 0) is 5.56 Å². The molecular weight excluding hydrogens is 370 g/mol. The number of H-pyrrole nitrogens is 1. The molecule has 0 aliphatic heterocycles. The number of nitrogens with one attached hydrogen (secondary N) is 1. The van der Waals surface area contributed by atoms with Crippen LogP contribution in [0, 0.1) is 0 Å². The molecule has 0 aliphatic rings. The molecule has 2 aromatic carbocycles. The first-order valence-electron chi connectivity index (χ1n) is 8.95. The first kappa shape index (κ1) is 16.9. The topological polar surface area (TPSA) is 110 Å². The minimum absolute atomic E-state index is 0.0553. The number of fused-ring (bicyclic) bond motifs is 1. The third kappa shape index (κ3) is 2.96. The second kappa shape index (κ2) is 6.75. The number of aromatic hydroxyl groups is 1. The summed E-state index contributed by atoms with van der Waals surface area (Å²) in [5.74, 6) is 0.0332. The molecule has 0 saturated carbocycles. The van der Waals surface area contributed by atoms with Crippen LogP contribution in [0.1, 0.15) is 5.56 Å². The number of aromatic nitrogens is 5. The third-order valence-corrected chi connectivity index (χ3v) is 4.64. The molecule has 8 nitrogen and oxygen atoms in total. The number of hydrogen-bond acceptors (Lipinski definition) is 6. The maximum absolute atomic E-state index is 12.7. The number of rotatable bonds is 4. The Morgan fingerprint density at radius 1 is 1.03 bits per heavy atom. The Balaban J connectivity index is 1.58. The van der Waals surface area contributed by atoms with Crippen LogP contribution in [0.5, 0.6) is 5.75 Å². The standard InChI is InChI=1S/C21H15N5O3/c27-17-15-11-22-26(12-13-7-3-1-4-8-13)19(15)24-20(28)16(17)21-23-18(25-29-21)14-9-5-2-6-10-14/h1-11H,12H2,(H2,24,27,28). The van der Waals surface area contributed by atoms with Crippen LogP contribution in [0.25, 0.3) is 33.9 Å². The van der Waals surface area contributed by atoms with E-state index in [-0.39, 0.29) is 17.2 Å². The molecule has 0 amide bonds. The van der Waals surface area contributed by atoms with E-state index < -0.39 is 5.56 Å². The molecule has 5 aromatic rings. The zero-order valence-electron chi connectivity index (χ0n) is 15.1. The lowest BCUT2D eigenvalue weighted by Crippen LogP contribution is -2.12. The fourth-order valence-electron chi connectivity index (χ4n) is 3.21. The van der Waals surface area contributed by atoms with Crippen molar-refractivity contribution in [2.75, 3.05) is 0 Å². The van der Waals surface area contributed by atoms with E-state index in [0.29, 0.717) is 23.4 Å². The van der Waals surface area contributed by atoms with Crippen molar-refractivity contribution in [2.45, 2.75) is 6.54 Å². The number of pyridine rings is 1. The molecule has 0 bridgehead atoms. The van der Waals surface area contributed by atoms with Crippen molar-refractivity contribution in [2.24, 2.45) is 0 Å². The number of aromatic amines is 1. The molecule has 2 N–H and O–H groups in total. The van der Waals surface area contributed by atoms with Crippen molar-refractivity contribution in [3.63, 3.8) is 0 Å². The fraction of sp³-hybridized carbons (Fsp3) is 0.0476. The normalized spacial score (nSPS) is 11.2. The summed E-state index contributed by atoms with van der Waals surface area (Å²) in [4.78, 5) is 19.8. The van der Waals surface area contributed by atoms with E-state index >= 15 is 0 Å². The monoisotopic (exact) mass is 385 g/mol.